The van der Waals surface area contributed by atoms with Crippen LogP contribution < -0.4 is 0 Å². The van der Waals surface area contributed by atoms with Gasteiger partial charge in [-0.15, -0.1) is 0 Å². The van der Waals surface area contributed by atoms with Crippen LogP contribution in [0.5, 0.6) is 0 Å². The van der Waals surface area contributed by atoms with Gasteiger partial charge in [0.2, 0.25) is 0 Å². The lowest BCUT2D eigenvalue weighted by molar-refractivity contribution is 0.0600. The monoisotopic (exact) mass is 322 g/mol. The summed E-state index contributed by atoms with van der Waals surface area (Å²) in [5.41, 5.74) is 6.13. The maximum Gasteiger partial charge on any atom is 0.339 e. The maximum atomic E-state index is 11.8. The first-order chi connectivity index (χ1) is 11.6. The molecule has 1 aromatic carbocycles. The molecule has 0 N–H and O–H groups in total. The van der Waals surface area contributed by atoms with E-state index >= 15 is 0 Å². The number of carbonyl (C=O) groups excluding carboxylic acids is 1. The Kier molecular flexibility index (Phi) is 4.65. The molecule has 0 aliphatic heterocycles. The summed E-state index contributed by atoms with van der Waals surface area (Å²) in [6.07, 6.45) is 4.59. The third-order valence-corrected chi connectivity index (χ3v) is 4.20. The third-order valence-electron chi connectivity index (χ3n) is 4.20. The van der Waals surface area contributed by atoms with Crippen molar-refractivity contribution in [3.8, 4) is 0 Å². The van der Waals surface area contributed by atoms with Gasteiger partial charge in [-0.2, -0.15) is 0 Å². The van der Waals surface area contributed by atoms with Gasteiger partial charge in [0.1, 0.15) is 5.65 Å². The molecular formula is C20H22N2O2. The van der Waals surface area contributed by atoms with Crippen molar-refractivity contribution < 1.29 is 9.53 Å². The van der Waals surface area contributed by atoms with Crippen molar-refractivity contribution in [3.05, 3.63) is 70.7 Å². The van der Waals surface area contributed by atoms with Crippen LogP contribution in [0.4, 0.5) is 0 Å². The zero-order valence-corrected chi connectivity index (χ0v) is 14.4. The van der Waals surface area contributed by atoms with E-state index in [0.29, 0.717) is 5.56 Å². The number of aromatic nitrogens is 2. The number of nitrogens with zero attached hydrogens (tertiary/aromatic N) is 2. The third kappa shape index (κ3) is 3.18. The molecule has 0 unspecified atom stereocenters. The number of rotatable bonds is 5. The lowest BCUT2D eigenvalue weighted by Crippen LogP contribution is -2.04. The fourth-order valence-corrected chi connectivity index (χ4v) is 2.90. The first kappa shape index (κ1) is 16.2. The van der Waals surface area contributed by atoms with Crippen LogP contribution in [0, 0.1) is 6.92 Å². The number of esters is 1. The molecule has 0 spiro atoms. The quantitative estimate of drug-likeness (QED) is 0.668. The van der Waals surface area contributed by atoms with Gasteiger partial charge < -0.3 is 9.14 Å². The molecular weight excluding hydrogens is 300 g/mol. The van der Waals surface area contributed by atoms with Gasteiger partial charge in [-0.25, -0.2) is 9.78 Å². The molecule has 0 amide bonds. The van der Waals surface area contributed by atoms with Crippen LogP contribution in [0.25, 0.3) is 5.65 Å². The lowest BCUT2D eigenvalue weighted by Gasteiger charge is -2.07. The molecule has 0 atom stereocenters. The summed E-state index contributed by atoms with van der Waals surface area (Å²) in [4.78, 5) is 16.6. The largest absolute Gasteiger partial charge is 0.465 e. The van der Waals surface area contributed by atoms with Gasteiger partial charge in [-0.1, -0.05) is 43.2 Å². The zero-order chi connectivity index (χ0) is 17.1. The molecule has 0 saturated heterocycles. The molecule has 0 aliphatic rings. The zero-order valence-electron chi connectivity index (χ0n) is 14.4. The van der Waals surface area contributed by atoms with Gasteiger partial charge in [0, 0.05) is 12.6 Å². The molecule has 0 fully saturated rings. The van der Waals surface area contributed by atoms with Crippen molar-refractivity contribution in [3.63, 3.8) is 0 Å². The number of ether oxygens (including phenoxy) is 1. The minimum absolute atomic E-state index is 0.330. The number of imidazole rings is 1. The van der Waals surface area contributed by atoms with Gasteiger partial charge in [0.05, 0.1) is 24.1 Å². The molecule has 124 valence electrons. The molecule has 2 heterocycles. The highest BCUT2D eigenvalue weighted by Crippen LogP contribution is 2.20. The molecule has 0 aliphatic carbocycles. The van der Waals surface area contributed by atoms with E-state index in [2.05, 4.69) is 38.1 Å². The average Bonchev–Trinajstić information content (AvgIpc) is 2.93. The number of pyridine rings is 1. The van der Waals surface area contributed by atoms with Gasteiger partial charge in [0.15, 0.2) is 0 Å². The van der Waals surface area contributed by atoms with Crippen LogP contribution in [0.2, 0.25) is 0 Å². The van der Waals surface area contributed by atoms with E-state index in [0.717, 1.165) is 36.3 Å². The van der Waals surface area contributed by atoms with Crippen LogP contribution in [0.3, 0.4) is 0 Å². The highest BCUT2D eigenvalue weighted by atomic mass is 16.5. The average molecular weight is 322 g/mol. The van der Waals surface area contributed by atoms with E-state index in [1.807, 2.05) is 16.7 Å². The van der Waals surface area contributed by atoms with Crippen molar-refractivity contribution >= 4 is 11.6 Å². The van der Waals surface area contributed by atoms with Crippen LogP contribution in [-0.2, 0) is 17.6 Å². The van der Waals surface area contributed by atoms with E-state index in [1.165, 1.54) is 18.2 Å². The molecule has 3 rings (SSSR count). The van der Waals surface area contributed by atoms with Gasteiger partial charge in [0.25, 0.3) is 0 Å². The Balaban J connectivity index is 2.08. The van der Waals surface area contributed by atoms with Crippen LogP contribution in [0.15, 0.2) is 42.6 Å². The maximum absolute atomic E-state index is 11.8. The Morgan fingerprint density at radius 3 is 2.58 bits per heavy atom. The molecule has 3 aromatic rings. The molecule has 4 nitrogen and oxygen atoms in total. The predicted molar refractivity (Wildman–Crippen MR) is 94.5 cm³/mol. The van der Waals surface area contributed by atoms with Gasteiger partial charge in [-0.05, 0) is 31.0 Å². The predicted octanol–water partition coefficient (Wildman–Crippen LogP) is 3.97. The van der Waals surface area contributed by atoms with E-state index in [-0.39, 0.29) is 5.97 Å². The molecule has 0 saturated carbocycles. The number of carbonyl (C=O) groups is 1. The van der Waals surface area contributed by atoms with Crippen molar-refractivity contribution in [1.82, 2.24) is 9.38 Å². The summed E-state index contributed by atoms with van der Waals surface area (Å²) in [7, 11) is 1.40. The molecule has 0 bridgehead atoms. The normalized spacial score (nSPS) is 11.0. The Labute approximate surface area is 142 Å². The molecule has 2 aromatic heterocycles. The summed E-state index contributed by atoms with van der Waals surface area (Å²) in [5.74, 6) is -0.330. The van der Waals surface area contributed by atoms with Gasteiger partial charge in [-0.3, -0.25) is 0 Å². The summed E-state index contributed by atoms with van der Waals surface area (Å²) >= 11 is 0. The van der Waals surface area contributed by atoms with Crippen molar-refractivity contribution in [2.24, 2.45) is 0 Å². The van der Waals surface area contributed by atoms with Crippen LogP contribution in [-0.4, -0.2) is 22.5 Å². The van der Waals surface area contributed by atoms with Crippen LogP contribution >= 0.6 is 0 Å². The molecule has 4 heteroatoms. The first-order valence-corrected chi connectivity index (χ1v) is 8.26. The highest BCUT2D eigenvalue weighted by Gasteiger charge is 2.14. The SMILES string of the molecule is CCCc1nc2ccc(C(=O)OC)cn2c1Cc1ccc(C)cc1. The van der Waals surface area contributed by atoms with Crippen molar-refractivity contribution in [2.45, 2.75) is 33.1 Å². The van der Waals surface area contributed by atoms with E-state index in [9.17, 15) is 4.79 Å². The summed E-state index contributed by atoms with van der Waals surface area (Å²) in [5, 5.41) is 0. The number of aryl methyl sites for hydroxylation is 2. The second kappa shape index (κ2) is 6.87. The van der Waals surface area contributed by atoms with E-state index in [1.54, 1.807) is 6.07 Å². The summed E-state index contributed by atoms with van der Waals surface area (Å²) in [6.45, 7) is 4.24. The van der Waals surface area contributed by atoms with E-state index in [4.69, 9.17) is 9.72 Å². The Hall–Kier alpha value is -2.62. The summed E-state index contributed by atoms with van der Waals surface area (Å²) < 4.78 is 6.86. The Morgan fingerprint density at radius 2 is 1.92 bits per heavy atom. The van der Waals surface area contributed by atoms with Gasteiger partial charge >= 0.3 is 5.97 Å². The Bertz CT molecular complexity index is 863. The number of methoxy groups -OCH3 is 1. The number of hydrogen-bond donors (Lipinski definition) is 0. The first-order valence-electron chi connectivity index (χ1n) is 8.26. The topological polar surface area (TPSA) is 43.6 Å². The fourth-order valence-electron chi connectivity index (χ4n) is 2.90. The number of benzene rings is 1. The second-order valence-electron chi connectivity index (χ2n) is 6.06. The van der Waals surface area contributed by atoms with E-state index < -0.39 is 0 Å². The smallest absolute Gasteiger partial charge is 0.339 e. The fraction of sp³-hybridized carbons (Fsp3) is 0.300. The minimum atomic E-state index is -0.330. The second-order valence-corrected chi connectivity index (χ2v) is 6.06. The minimum Gasteiger partial charge on any atom is -0.465 e. The van der Waals surface area contributed by atoms with Crippen molar-refractivity contribution in [1.29, 1.82) is 0 Å². The number of hydrogen-bond acceptors (Lipinski definition) is 3. The standard InChI is InChI=1S/C20H22N2O2/c1-4-5-17-18(12-15-8-6-14(2)7-9-15)22-13-16(20(23)24-3)10-11-19(22)21-17/h6-11,13H,4-5,12H2,1-3H3. The van der Waals surface area contributed by atoms with Crippen LogP contribution in [0.1, 0.15) is 46.2 Å². The van der Waals surface area contributed by atoms with Crippen molar-refractivity contribution in [2.75, 3.05) is 7.11 Å². The molecule has 0 radical (unpaired) electrons. The number of fused-ring (bicyclic) bond motifs is 1. The molecule has 24 heavy (non-hydrogen) atoms. The lowest BCUT2D eigenvalue weighted by atomic mass is 10.1. The Morgan fingerprint density at radius 1 is 1.17 bits per heavy atom. The summed E-state index contributed by atoms with van der Waals surface area (Å²) in [6, 6.07) is 12.2. The highest BCUT2D eigenvalue weighted by molar-refractivity contribution is 5.89.